The highest BCUT2D eigenvalue weighted by Gasteiger charge is 2.21. The van der Waals surface area contributed by atoms with E-state index in [0.717, 1.165) is 12.0 Å². The van der Waals surface area contributed by atoms with Gasteiger partial charge < -0.3 is 5.32 Å². The molecule has 1 unspecified atom stereocenters. The van der Waals surface area contributed by atoms with Gasteiger partial charge in [0.1, 0.15) is 10.3 Å². The number of nitrogens with zero attached hydrogens (tertiary/aromatic N) is 4. The molecule has 0 saturated carbocycles. The first-order valence-electron chi connectivity index (χ1n) is 7.41. The molecule has 6 nitrogen and oxygen atoms in total. The van der Waals surface area contributed by atoms with Crippen LogP contribution in [0, 0.1) is 0 Å². The van der Waals surface area contributed by atoms with Gasteiger partial charge in [-0.2, -0.15) is 0 Å². The number of aliphatic imine (C=N–C) groups is 1. The van der Waals surface area contributed by atoms with Crippen LogP contribution in [-0.4, -0.2) is 34.1 Å². The maximum Gasteiger partial charge on any atom is 0.233 e. The molecule has 1 amide bonds. The van der Waals surface area contributed by atoms with Crippen LogP contribution in [-0.2, 0) is 4.79 Å². The number of amides is 1. The Balaban J connectivity index is 2.26. The molecule has 0 spiro atoms. The summed E-state index contributed by atoms with van der Waals surface area (Å²) in [4.78, 5) is 28.7. The molecule has 0 aliphatic rings. The van der Waals surface area contributed by atoms with Gasteiger partial charge in [0.15, 0.2) is 5.82 Å². The molecule has 24 heavy (non-hydrogen) atoms. The van der Waals surface area contributed by atoms with Gasteiger partial charge in [0, 0.05) is 25.0 Å². The molecular formula is C16H17Cl2N5O. The van der Waals surface area contributed by atoms with E-state index in [1.807, 2.05) is 13.0 Å². The second kappa shape index (κ2) is 8.70. The van der Waals surface area contributed by atoms with E-state index in [0.29, 0.717) is 23.0 Å². The van der Waals surface area contributed by atoms with Crippen LogP contribution >= 0.6 is 23.2 Å². The minimum atomic E-state index is -0.374. The normalized spacial score (nSPS) is 12.3. The van der Waals surface area contributed by atoms with Crippen LogP contribution < -0.4 is 5.32 Å². The van der Waals surface area contributed by atoms with Crippen LogP contribution in [0.4, 0.5) is 5.82 Å². The summed E-state index contributed by atoms with van der Waals surface area (Å²) in [7, 11) is 1.65. The molecule has 0 radical (unpaired) electrons. The van der Waals surface area contributed by atoms with Gasteiger partial charge in [0.05, 0.1) is 18.3 Å². The lowest BCUT2D eigenvalue weighted by Gasteiger charge is -2.16. The van der Waals surface area contributed by atoms with Gasteiger partial charge in [-0.1, -0.05) is 36.5 Å². The first-order valence-corrected chi connectivity index (χ1v) is 8.16. The van der Waals surface area contributed by atoms with Crippen molar-refractivity contribution in [2.45, 2.75) is 25.7 Å². The molecule has 0 saturated heterocycles. The summed E-state index contributed by atoms with van der Waals surface area (Å²) in [6.45, 7) is 2.01. The summed E-state index contributed by atoms with van der Waals surface area (Å²) in [6, 6.07) is 1.83. The summed E-state index contributed by atoms with van der Waals surface area (Å²) in [5.41, 5.74) is 1.45. The van der Waals surface area contributed by atoms with Crippen molar-refractivity contribution in [3.05, 3.63) is 46.1 Å². The zero-order valence-corrected chi connectivity index (χ0v) is 14.8. The van der Waals surface area contributed by atoms with E-state index in [-0.39, 0.29) is 17.0 Å². The smallest absolute Gasteiger partial charge is 0.233 e. The van der Waals surface area contributed by atoms with Gasteiger partial charge in [-0.15, -0.1) is 0 Å². The van der Waals surface area contributed by atoms with Crippen LogP contribution in [0.3, 0.4) is 0 Å². The number of carbonyl (C=O) groups is 1. The Kier molecular flexibility index (Phi) is 6.63. The fourth-order valence-corrected chi connectivity index (χ4v) is 2.48. The summed E-state index contributed by atoms with van der Waals surface area (Å²) in [5.74, 6) is -0.207. The van der Waals surface area contributed by atoms with Crippen molar-refractivity contribution in [1.29, 1.82) is 0 Å². The lowest BCUT2D eigenvalue weighted by molar-refractivity contribution is -0.117. The number of anilines is 1. The lowest BCUT2D eigenvalue weighted by Crippen LogP contribution is -2.22. The monoisotopic (exact) mass is 365 g/mol. The van der Waals surface area contributed by atoms with Gasteiger partial charge in [0.25, 0.3) is 0 Å². The van der Waals surface area contributed by atoms with Crippen LogP contribution in [0.15, 0.2) is 29.6 Å². The molecule has 8 heteroatoms. The minimum Gasteiger partial charge on any atom is -0.309 e. The maximum atomic E-state index is 12.6. The summed E-state index contributed by atoms with van der Waals surface area (Å²) >= 11 is 11.7. The highest BCUT2D eigenvalue weighted by molar-refractivity contribution is 6.31. The molecule has 2 aromatic heterocycles. The third-order valence-corrected chi connectivity index (χ3v) is 3.83. The second-order valence-corrected chi connectivity index (χ2v) is 5.84. The first kappa shape index (κ1) is 18.3. The SMILES string of the molecule is CCCC(C(=O)Nc1cnc(Cl)cn1)c1cnc(Cl)c(/C=N/C)c1. The predicted molar refractivity (Wildman–Crippen MR) is 96.1 cm³/mol. The number of rotatable bonds is 6. The Hall–Kier alpha value is -2.05. The molecule has 0 bridgehead atoms. The van der Waals surface area contributed by atoms with Crippen LogP contribution in [0.2, 0.25) is 10.3 Å². The van der Waals surface area contributed by atoms with Gasteiger partial charge in [-0.25, -0.2) is 15.0 Å². The molecular weight excluding hydrogens is 349 g/mol. The topological polar surface area (TPSA) is 80.1 Å². The molecule has 0 fully saturated rings. The van der Waals surface area contributed by atoms with E-state index in [4.69, 9.17) is 23.2 Å². The third-order valence-electron chi connectivity index (χ3n) is 3.32. The average Bonchev–Trinajstić information content (AvgIpc) is 2.57. The van der Waals surface area contributed by atoms with E-state index < -0.39 is 0 Å². The van der Waals surface area contributed by atoms with Crippen molar-refractivity contribution < 1.29 is 4.79 Å². The molecule has 0 aliphatic carbocycles. The first-order chi connectivity index (χ1) is 11.5. The van der Waals surface area contributed by atoms with Gasteiger partial charge in [-0.3, -0.25) is 9.79 Å². The number of aromatic nitrogens is 3. The van der Waals surface area contributed by atoms with Crippen molar-refractivity contribution in [2.24, 2.45) is 4.99 Å². The summed E-state index contributed by atoms with van der Waals surface area (Å²) < 4.78 is 0. The molecule has 1 atom stereocenters. The highest BCUT2D eigenvalue weighted by Crippen LogP contribution is 2.25. The van der Waals surface area contributed by atoms with E-state index in [1.54, 1.807) is 19.5 Å². The average molecular weight is 366 g/mol. The zero-order chi connectivity index (χ0) is 17.5. The summed E-state index contributed by atoms with van der Waals surface area (Å²) in [6.07, 6.45) is 7.53. The van der Waals surface area contributed by atoms with E-state index in [2.05, 4.69) is 25.3 Å². The number of pyridine rings is 1. The highest BCUT2D eigenvalue weighted by atomic mass is 35.5. The standard InChI is InChI=1S/C16H17Cl2N5O/c1-3-4-12(10-5-11(6-19-2)15(18)22-7-10)16(24)23-14-9-20-13(17)8-21-14/h5-9,12H,3-4H2,1-2H3,(H,21,23,24)/b19-6+. The molecule has 2 rings (SSSR count). The van der Waals surface area contributed by atoms with Crippen LogP contribution in [0.25, 0.3) is 0 Å². The van der Waals surface area contributed by atoms with Crippen LogP contribution in [0.5, 0.6) is 0 Å². The number of carbonyl (C=O) groups excluding carboxylic acids is 1. The van der Waals surface area contributed by atoms with E-state index in [9.17, 15) is 4.79 Å². The van der Waals surface area contributed by atoms with Crippen molar-refractivity contribution in [3.63, 3.8) is 0 Å². The fourth-order valence-electron chi connectivity index (χ4n) is 2.23. The van der Waals surface area contributed by atoms with Gasteiger partial charge >= 0.3 is 0 Å². The molecule has 2 heterocycles. The number of hydrogen-bond donors (Lipinski definition) is 1. The number of nitrogens with one attached hydrogen (secondary N) is 1. The van der Waals surface area contributed by atoms with Crippen LogP contribution in [0.1, 0.15) is 36.8 Å². The van der Waals surface area contributed by atoms with Gasteiger partial charge in [-0.05, 0) is 18.1 Å². The Morgan fingerprint density at radius 3 is 2.71 bits per heavy atom. The number of halogens is 2. The van der Waals surface area contributed by atoms with Gasteiger partial charge in [0.2, 0.25) is 5.91 Å². The molecule has 0 aromatic carbocycles. The zero-order valence-electron chi connectivity index (χ0n) is 13.3. The molecule has 126 valence electrons. The quantitative estimate of drug-likeness (QED) is 0.624. The van der Waals surface area contributed by atoms with Crippen molar-refractivity contribution in [3.8, 4) is 0 Å². The Morgan fingerprint density at radius 1 is 1.29 bits per heavy atom. The second-order valence-electron chi connectivity index (χ2n) is 5.09. The third kappa shape index (κ3) is 4.72. The van der Waals surface area contributed by atoms with Crippen molar-refractivity contribution in [1.82, 2.24) is 15.0 Å². The fraction of sp³-hybridized carbons (Fsp3) is 0.312. The van der Waals surface area contributed by atoms with Crippen molar-refractivity contribution in [2.75, 3.05) is 12.4 Å². The Morgan fingerprint density at radius 2 is 2.08 bits per heavy atom. The van der Waals surface area contributed by atoms with Crippen molar-refractivity contribution >= 4 is 41.1 Å². The largest absolute Gasteiger partial charge is 0.309 e. The predicted octanol–water partition coefficient (Wildman–Crippen LogP) is 3.75. The summed E-state index contributed by atoms with van der Waals surface area (Å²) in [5, 5.41) is 3.37. The molecule has 0 aliphatic heterocycles. The number of hydrogen-bond acceptors (Lipinski definition) is 5. The minimum absolute atomic E-state index is 0.183. The molecule has 2 aromatic rings. The maximum absolute atomic E-state index is 12.6. The molecule has 1 N–H and O–H groups in total. The Bertz CT molecular complexity index is 734. The van der Waals surface area contributed by atoms with E-state index in [1.165, 1.54) is 12.4 Å². The Labute approximate surface area is 150 Å². The lowest BCUT2D eigenvalue weighted by atomic mass is 9.94. The van der Waals surface area contributed by atoms with E-state index >= 15 is 0 Å².